The van der Waals surface area contributed by atoms with Crippen LogP contribution in [0.4, 0.5) is 4.39 Å². The molecule has 0 fully saturated rings. The molecule has 2 aromatic carbocycles. The van der Waals surface area contributed by atoms with Gasteiger partial charge in [0.2, 0.25) is 6.54 Å². The maximum Gasteiger partial charge on any atom is 0.252 e. The van der Waals surface area contributed by atoms with Crippen LogP contribution in [-0.2, 0) is 13.1 Å². The van der Waals surface area contributed by atoms with Gasteiger partial charge in [-0.25, -0.2) is 9.07 Å². The summed E-state index contributed by atoms with van der Waals surface area (Å²) in [5, 5.41) is 8.05. The number of terminal acetylenes is 1. The first-order chi connectivity index (χ1) is 14.2. The predicted molar refractivity (Wildman–Crippen MR) is 108 cm³/mol. The van der Waals surface area contributed by atoms with Gasteiger partial charge >= 0.3 is 0 Å². The van der Waals surface area contributed by atoms with Gasteiger partial charge in [0.25, 0.3) is 5.91 Å². The first-order valence-electron chi connectivity index (χ1n) is 9.08. The number of fused-ring (bicyclic) bond motifs is 1. The summed E-state index contributed by atoms with van der Waals surface area (Å²) in [7, 11) is 0. The number of rotatable bonds is 5. The molecule has 4 rings (SSSR count). The third-order valence-corrected chi connectivity index (χ3v) is 4.62. The second kappa shape index (κ2) is 7.95. The Morgan fingerprint density at radius 3 is 2.62 bits per heavy atom. The Morgan fingerprint density at radius 1 is 1.14 bits per heavy atom. The van der Waals surface area contributed by atoms with Gasteiger partial charge in [-0.05, 0) is 47.9 Å². The minimum Gasteiger partial charge on any atom is -0.348 e. The number of pyridine rings is 1. The average Bonchev–Trinajstić information content (AvgIpc) is 3.18. The summed E-state index contributed by atoms with van der Waals surface area (Å²) < 4.78 is 16.8. The summed E-state index contributed by atoms with van der Waals surface area (Å²) in [4.78, 5) is 12.8. The summed E-state index contributed by atoms with van der Waals surface area (Å²) in [6.07, 6.45) is 10.7. The number of nitrogens with zero attached hydrogens (tertiary/aromatic N) is 3. The first kappa shape index (κ1) is 18.4. The van der Waals surface area contributed by atoms with Crippen LogP contribution >= 0.6 is 0 Å². The lowest BCUT2D eigenvalue weighted by Crippen LogP contribution is -2.32. The van der Waals surface area contributed by atoms with Gasteiger partial charge in [0.15, 0.2) is 12.4 Å². The molecule has 0 atom stereocenters. The third-order valence-electron chi connectivity index (χ3n) is 4.62. The van der Waals surface area contributed by atoms with Crippen molar-refractivity contribution in [3.63, 3.8) is 0 Å². The van der Waals surface area contributed by atoms with Crippen molar-refractivity contribution >= 4 is 16.8 Å². The molecule has 1 N–H and O–H groups in total. The zero-order chi connectivity index (χ0) is 20.2. The zero-order valence-corrected chi connectivity index (χ0v) is 15.5. The van der Waals surface area contributed by atoms with Crippen molar-refractivity contribution in [3.05, 3.63) is 90.1 Å². The summed E-state index contributed by atoms with van der Waals surface area (Å²) in [6, 6.07) is 15.4. The van der Waals surface area contributed by atoms with Gasteiger partial charge in [-0.3, -0.25) is 4.79 Å². The van der Waals surface area contributed by atoms with Crippen LogP contribution in [0, 0.1) is 18.2 Å². The second-order valence-electron chi connectivity index (χ2n) is 6.54. The van der Waals surface area contributed by atoms with Gasteiger partial charge < -0.3 is 5.32 Å². The highest BCUT2D eigenvalue weighted by molar-refractivity contribution is 6.06. The van der Waals surface area contributed by atoms with Crippen LogP contribution < -0.4 is 9.88 Å². The molecule has 0 unspecified atom stereocenters. The Bertz CT molecular complexity index is 1200. The highest BCUT2D eigenvalue weighted by Gasteiger charge is 2.14. The molecule has 4 aromatic rings. The standard InChI is InChI=1S/C23H17FN4O/c1-2-12-27-13-10-17(11-14-27)15-25-23(29)20-4-3-5-22-21(20)16-26-28(22)19-8-6-18(24)7-9-19/h1,3-11,13-14,16H,12,15H2/p+1. The SMILES string of the molecule is C#CC[n+]1ccc(CNC(=O)c2cccc3c2cnn3-c2ccc(F)cc2)cc1. The van der Waals surface area contributed by atoms with Gasteiger partial charge in [-0.1, -0.05) is 6.07 Å². The van der Waals surface area contributed by atoms with E-state index >= 15 is 0 Å². The van der Waals surface area contributed by atoms with Crippen LogP contribution in [0.2, 0.25) is 0 Å². The smallest absolute Gasteiger partial charge is 0.252 e. The van der Waals surface area contributed by atoms with Crippen molar-refractivity contribution in [2.45, 2.75) is 13.1 Å². The Balaban J connectivity index is 1.55. The number of hydrogen-bond donors (Lipinski definition) is 1. The second-order valence-corrected chi connectivity index (χ2v) is 6.54. The van der Waals surface area contributed by atoms with Crippen LogP contribution in [-0.4, -0.2) is 15.7 Å². The normalized spacial score (nSPS) is 10.6. The van der Waals surface area contributed by atoms with Crippen LogP contribution in [0.1, 0.15) is 15.9 Å². The van der Waals surface area contributed by atoms with Crippen molar-refractivity contribution in [2.24, 2.45) is 0 Å². The van der Waals surface area contributed by atoms with Gasteiger partial charge in [0, 0.05) is 24.1 Å². The minimum atomic E-state index is -0.309. The number of hydrogen-bond acceptors (Lipinski definition) is 2. The van der Waals surface area contributed by atoms with Crippen molar-refractivity contribution in [1.82, 2.24) is 15.1 Å². The lowest BCUT2D eigenvalue weighted by atomic mass is 10.1. The molecule has 142 valence electrons. The third kappa shape index (κ3) is 3.85. The van der Waals surface area contributed by atoms with Gasteiger partial charge in [-0.2, -0.15) is 9.67 Å². The lowest BCUT2D eigenvalue weighted by Gasteiger charge is -2.07. The largest absolute Gasteiger partial charge is 0.348 e. The Kier molecular flexibility index (Phi) is 5.04. The summed E-state index contributed by atoms with van der Waals surface area (Å²) >= 11 is 0. The van der Waals surface area contributed by atoms with Crippen LogP contribution in [0.25, 0.3) is 16.6 Å². The van der Waals surface area contributed by atoms with E-state index in [0.717, 1.165) is 22.2 Å². The van der Waals surface area contributed by atoms with E-state index in [1.54, 1.807) is 29.1 Å². The molecule has 29 heavy (non-hydrogen) atoms. The highest BCUT2D eigenvalue weighted by atomic mass is 19.1. The number of benzene rings is 2. The van der Waals surface area contributed by atoms with E-state index in [-0.39, 0.29) is 11.7 Å². The fourth-order valence-corrected chi connectivity index (χ4v) is 3.13. The van der Waals surface area contributed by atoms with Crippen LogP contribution in [0.15, 0.2) is 73.2 Å². The molecule has 0 saturated heterocycles. The van der Waals surface area contributed by atoms with Crippen molar-refractivity contribution < 1.29 is 13.8 Å². The van der Waals surface area contributed by atoms with Crippen LogP contribution in [0.3, 0.4) is 0 Å². The summed E-state index contributed by atoms with van der Waals surface area (Å²) in [5.41, 5.74) is 3.01. The maximum atomic E-state index is 13.2. The number of nitrogens with one attached hydrogen (secondary N) is 1. The molecule has 0 aliphatic carbocycles. The number of carbonyl (C=O) groups excluding carboxylic acids is 1. The fraction of sp³-hybridized carbons (Fsp3) is 0.0870. The van der Waals surface area contributed by atoms with E-state index in [0.29, 0.717) is 18.7 Å². The van der Waals surface area contributed by atoms with Crippen molar-refractivity contribution in [1.29, 1.82) is 0 Å². The summed E-state index contributed by atoms with van der Waals surface area (Å²) in [6.45, 7) is 0.908. The molecule has 0 bridgehead atoms. The minimum absolute atomic E-state index is 0.186. The molecular formula is C23H18FN4O+. The molecule has 0 spiro atoms. The summed E-state index contributed by atoms with van der Waals surface area (Å²) in [5.74, 6) is 2.08. The average molecular weight is 385 g/mol. The van der Waals surface area contributed by atoms with Crippen molar-refractivity contribution in [2.75, 3.05) is 0 Å². The zero-order valence-electron chi connectivity index (χ0n) is 15.5. The van der Waals surface area contributed by atoms with Crippen LogP contribution in [0.5, 0.6) is 0 Å². The molecule has 0 aliphatic rings. The quantitative estimate of drug-likeness (QED) is 0.424. The molecule has 5 nitrogen and oxygen atoms in total. The van der Waals surface area contributed by atoms with Gasteiger partial charge in [0.05, 0.1) is 23.0 Å². The molecule has 0 radical (unpaired) electrons. The highest BCUT2D eigenvalue weighted by Crippen LogP contribution is 2.22. The molecule has 6 heteroatoms. The fourth-order valence-electron chi connectivity index (χ4n) is 3.13. The Morgan fingerprint density at radius 2 is 1.90 bits per heavy atom. The Labute approximate surface area is 167 Å². The maximum absolute atomic E-state index is 13.2. The Hall–Kier alpha value is -3.98. The predicted octanol–water partition coefficient (Wildman–Crippen LogP) is 3.02. The monoisotopic (exact) mass is 385 g/mol. The molecule has 2 heterocycles. The number of aromatic nitrogens is 3. The number of carbonyl (C=O) groups is 1. The van der Waals surface area contributed by atoms with E-state index in [1.165, 1.54) is 12.1 Å². The lowest BCUT2D eigenvalue weighted by molar-refractivity contribution is -0.684. The topological polar surface area (TPSA) is 50.8 Å². The molecule has 0 aliphatic heterocycles. The van der Waals surface area contributed by atoms with E-state index in [1.807, 2.05) is 41.2 Å². The van der Waals surface area contributed by atoms with E-state index in [4.69, 9.17) is 6.42 Å². The molecule has 2 aromatic heterocycles. The molecular weight excluding hydrogens is 367 g/mol. The van der Waals surface area contributed by atoms with Gasteiger partial charge in [0.1, 0.15) is 5.82 Å². The molecule has 1 amide bonds. The number of halogens is 1. The van der Waals surface area contributed by atoms with Crippen molar-refractivity contribution in [3.8, 4) is 18.0 Å². The number of amides is 1. The molecule has 0 saturated carbocycles. The van der Waals surface area contributed by atoms with E-state index < -0.39 is 0 Å². The first-order valence-corrected chi connectivity index (χ1v) is 9.08. The van der Waals surface area contributed by atoms with E-state index in [9.17, 15) is 9.18 Å². The van der Waals surface area contributed by atoms with Gasteiger partial charge in [-0.15, -0.1) is 6.42 Å². The van der Waals surface area contributed by atoms with E-state index in [2.05, 4.69) is 16.3 Å².